The summed E-state index contributed by atoms with van der Waals surface area (Å²) in [5.41, 5.74) is 0. The van der Waals surface area contributed by atoms with Crippen LogP contribution in [0, 0.1) is 0 Å². The van der Waals surface area contributed by atoms with E-state index in [4.69, 9.17) is 0 Å². The van der Waals surface area contributed by atoms with E-state index in [1.807, 2.05) is 0 Å². The van der Waals surface area contributed by atoms with E-state index in [1.54, 1.807) is 0 Å². The van der Waals surface area contributed by atoms with Crippen molar-refractivity contribution in [1.29, 1.82) is 0 Å². The van der Waals surface area contributed by atoms with Gasteiger partial charge >= 0.3 is 23.6 Å². The smallest absolute Gasteiger partial charge is 0.267 e. The first-order chi connectivity index (χ1) is 6.00. The van der Waals surface area contributed by atoms with Crippen LogP contribution in [0.25, 0.3) is 0 Å². The number of hydrogen-bond acceptors (Lipinski definition) is 5. The Morgan fingerprint density at radius 1 is 1.00 bits per heavy atom. The molecule has 0 saturated carbocycles. The number of rotatable bonds is 0. The molecular formula is C6H6N2O5. The minimum absolute atomic E-state index is 0.695. The fourth-order valence-corrected chi connectivity index (χ4v) is 1.12. The first-order valence-electron chi connectivity index (χ1n) is 3.48. The van der Waals surface area contributed by atoms with E-state index < -0.39 is 23.6 Å². The van der Waals surface area contributed by atoms with E-state index in [9.17, 15) is 14.4 Å². The Morgan fingerprint density at radius 2 is 1.38 bits per heavy atom. The number of barbiturate groups is 1. The molecule has 2 aliphatic rings. The van der Waals surface area contributed by atoms with Crippen molar-refractivity contribution in [2.75, 3.05) is 14.1 Å². The van der Waals surface area contributed by atoms with Gasteiger partial charge in [0.25, 0.3) is 0 Å². The quantitative estimate of drug-likeness (QED) is 0.266. The highest BCUT2D eigenvalue weighted by atomic mass is 17.4. The van der Waals surface area contributed by atoms with Crippen LogP contribution in [0.4, 0.5) is 4.79 Å². The molecule has 0 atom stereocenters. The molecule has 2 saturated heterocycles. The average molecular weight is 186 g/mol. The van der Waals surface area contributed by atoms with Crippen molar-refractivity contribution in [1.82, 2.24) is 9.80 Å². The van der Waals surface area contributed by atoms with Crippen molar-refractivity contribution in [3.05, 3.63) is 0 Å². The fraction of sp³-hybridized carbons (Fsp3) is 0.500. The maximum Gasteiger partial charge on any atom is 0.388 e. The van der Waals surface area contributed by atoms with Crippen LogP contribution in [-0.2, 0) is 19.4 Å². The molecule has 70 valence electrons. The molecule has 0 aliphatic carbocycles. The zero-order chi connectivity index (χ0) is 9.80. The summed E-state index contributed by atoms with van der Waals surface area (Å²) in [5, 5.41) is 0. The van der Waals surface area contributed by atoms with E-state index >= 15 is 0 Å². The predicted octanol–water partition coefficient (Wildman–Crippen LogP) is -1.31. The maximum atomic E-state index is 11.3. The molecule has 2 aliphatic heterocycles. The van der Waals surface area contributed by atoms with Gasteiger partial charge in [0.15, 0.2) is 0 Å². The lowest BCUT2D eigenvalue weighted by Crippen LogP contribution is -2.61. The minimum atomic E-state index is -1.88. The van der Waals surface area contributed by atoms with Crippen LogP contribution in [0.1, 0.15) is 0 Å². The number of amides is 4. The van der Waals surface area contributed by atoms with Gasteiger partial charge in [-0.25, -0.2) is 4.79 Å². The Labute approximate surface area is 72.7 Å². The largest absolute Gasteiger partial charge is 0.388 e. The summed E-state index contributed by atoms with van der Waals surface area (Å²) in [4.78, 5) is 43.9. The molecular weight excluding hydrogens is 180 g/mol. The van der Waals surface area contributed by atoms with Crippen LogP contribution in [-0.4, -0.2) is 47.5 Å². The Morgan fingerprint density at radius 3 is 1.69 bits per heavy atom. The highest BCUT2D eigenvalue weighted by molar-refractivity contribution is 6.20. The van der Waals surface area contributed by atoms with Gasteiger partial charge in [-0.05, 0) is 0 Å². The van der Waals surface area contributed by atoms with Crippen molar-refractivity contribution in [3.8, 4) is 0 Å². The van der Waals surface area contributed by atoms with Gasteiger partial charge in [0, 0.05) is 14.1 Å². The van der Waals surface area contributed by atoms with Crippen molar-refractivity contribution in [2.45, 2.75) is 5.79 Å². The third-order valence-corrected chi connectivity index (χ3v) is 2.00. The number of carbonyl (C=O) groups is 3. The Balaban J connectivity index is 2.40. The summed E-state index contributed by atoms with van der Waals surface area (Å²) in [5.74, 6) is -3.46. The van der Waals surface area contributed by atoms with Crippen molar-refractivity contribution >= 4 is 17.8 Å². The third-order valence-electron chi connectivity index (χ3n) is 2.00. The standard InChI is InChI=1S/C6H6N2O5/c1-7-3(9)6(12-13-6)4(10)8(2)5(7)11/h1-2H3. The second-order valence-corrected chi connectivity index (χ2v) is 2.79. The van der Waals surface area contributed by atoms with Gasteiger partial charge in [-0.1, -0.05) is 0 Å². The summed E-state index contributed by atoms with van der Waals surface area (Å²) in [6.07, 6.45) is 0. The minimum Gasteiger partial charge on any atom is -0.267 e. The van der Waals surface area contributed by atoms with E-state index in [2.05, 4.69) is 9.78 Å². The summed E-state index contributed by atoms with van der Waals surface area (Å²) < 4.78 is 0. The molecule has 0 unspecified atom stereocenters. The molecule has 0 aromatic rings. The lowest BCUT2D eigenvalue weighted by atomic mass is 10.2. The summed E-state index contributed by atoms with van der Waals surface area (Å²) in [6.45, 7) is 0. The van der Waals surface area contributed by atoms with Gasteiger partial charge in [-0.15, -0.1) is 0 Å². The second kappa shape index (κ2) is 2.06. The van der Waals surface area contributed by atoms with Crippen LogP contribution in [0.15, 0.2) is 0 Å². The van der Waals surface area contributed by atoms with E-state index in [0.29, 0.717) is 0 Å². The average Bonchev–Trinajstić information content (AvgIpc) is 2.91. The van der Waals surface area contributed by atoms with Crippen LogP contribution in [0.3, 0.4) is 0 Å². The molecule has 0 aromatic carbocycles. The van der Waals surface area contributed by atoms with Crippen LogP contribution in [0.2, 0.25) is 0 Å². The van der Waals surface area contributed by atoms with Gasteiger partial charge in [-0.3, -0.25) is 19.4 Å². The topological polar surface area (TPSA) is 82.8 Å². The van der Waals surface area contributed by atoms with Gasteiger partial charge in [0.05, 0.1) is 0 Å². The van der Waals surface area contributed by atoms with Crippen LogP contribution in [0.5, 0.6) is 0 Å². The van der Waals surface area contributed by atoms with Gasteiger partial charge in [0.2, 0.25) is 0 Å². The van der Waals surface area contributed by atoms with E-state index in [1.165, 1.54) is 14.1 Å². The number of hydrogen-bond donors (Lipinski definition) is 0. The number of urea groups is 1. The molecule has 7 heteroatoms. The highest BCUT2D eigenvalue weighted by Gasteiger charge is 2.70. The second-order valence-electron chi connectivity index (χ2n) is 2.79. The number of likely N-dealkylation sites (N-methyl/N-ethyl adjacent to an activating group) is 2. The molecule has 0 aromatic heterocycles. The molecule has 2 heterocycles. The molecule has 1 spiro atoms. The monoisotopic (exact) mass is 186 g/mol. The van der Waals surface area contributed by atoms with Gasteiger partial charge < -0.3 is 0 Å². The first-order valence-corrected chi connectivity index (χ1v) is 3.48. The van der Waals surface area contributed by atoms with Crippen molar-refractivity contribution in [3.63, 3.8) is 0 Å². The predicted molar refractivity (Wildman–Crippen MR) is 35.8 cm³/mol. The zero-order valence-electron chi connectivity index (χ0n) is 6.94. The molecule has 13 heavy (non-hydrogen) atoms. The number of imide groups is 2. The fourth-order valence-electron chi connectivity index (χ4n) is 1.12. The molecule has 7 nitrogen and oxygen atoms in total. The SMILES string of the molecule is CN1C(=O)N(C)C(=O)C2(OO2)C1=O. The van der Waals surface area contributed by atoms with E-state index in [-0.39, 0.29) is 0 Å². The lowest BCUT2D eigenvalue weighted by Gasteiger charge is -2.28. The summed E-state index contributed by atoms with van der Waals surface area (Å²) in [6, 6.07) is -0.695. The van der Waals surface area contributed by atoms with Crippen molar-refractivity contribution in [2.24, 2.45) is 0 Å². The van der Waals surface area contributed by atoms with E-state index in [0.717, 1.165) is 9.80 Å². The van der Waals surface area contributed by atoms with Crippen LogP contribution < -0.4 is 0 Å². The lowest BCUT2D eigenvalue weighted by molar-refractivity contribution is -0.150. The first kappa shape index (κ1) is 8.14. The normalized spacial score (nSPS) is 25.8. The van der Waals surface area contributed by atoms with Gasteiger partial charge in [0.1, 0.15) is 0 Å². The Bertz CT molecular complexity index is 295. The number of nitrogens with zero attached hydrogens (tertiary/aromatic N) is 2. The Hall–Kier alpha value is -1.47. The highest BCUT2D eigenvalue weighted by Crippen LogP contribution is 2.36. The molecule has 2 fully saturated rings. The molecule has 0 N–H and O–H groups in total. The molecule has 2 rings (SSSR count). The zero-order valence-corrected chi connectivity index (χ0v) is 6.94. The van der Waals surface area contributed by atoms with Gasteiger partial charge in [-0.2, -0.15) is 9.78 Å². The molecule has 0 radical (unpaired) electrons. The molecule has 4 amide bonds. The summed E-state index contributed by atoms with van der Waals surface area (Å²) >= 11 is 0. The maximum absolute atomic E-state index is 11.3. The number of carbonyl (C=O) groups excluding carboxylic acids is 3. The Kier molecular flexibility index (Phi) is 1.29. The van der Waals surface area contributed by atoms with Crippen LogP contribution >= 0.6 is 0 Å². The summed E-state index contributed by atoms with van der Waals surface area (Å²) in [7, 11) is 2.50. The molecule has 0 bridgehead atoms. The third kappa shape index (κ3) is 0.771. The van der Waals surface area contributed by atoms with Crippen molar-refractivity contribution < 1.29 is 24.2 Å².